The molecule has 7 heteroatoms. The number of carbonyl (C=O) groups excluding carboxylic acids is 3. The van der Waals surface area contributed by atoms with Gasteiger partial charge in [0.25, 0.3) is 6.29 Å². The molecule has 0 heterocycles. The van der Waals surface area contributed by atoms with Crippen molar-refractivity contribution in [1.29, 1.82) is 0 Å². The predicted molar refractivity (Wildman–Crippen MR) is 124 cm³/mol. The largest absolute Gasteiger partial charge is 0.428 e. The van der Waals surface area contributed by atoms with E-state index in [9.17, 15) is 29.7 Å². The van der Waals surface area contributed by atoms with Gasteiger partial charge in [0.2, 0.25) is 5.78 Å². The lowest BCUT2D eigenvalue weighted by atomic mass is 9.45. The molecule has 1 unspecified atom stereocenters. The van der Waals surface area contributed by atoms with Crippen LogP contribution in [0.3, 0.4) is 0 Å². The van der Waals surface area contributed by atoms with Gasteiger partial charge in [-0.15, -0.1) is 0 Å². The molecule has 0 bridgehead atoms. The van der Waals surface area contributed by atoms with E-state index in [0.717, 1.165) is 37.7 Å². The van der Waals surface area contributed by atoms with E-state index in [1.54, 1.807) is 6.08 Å². The maximum absolute atomic E-state index is 13.3. The van der Waals surface area contributed by atoms with Crippen LogP contribution in [0.5, 0.6) is 0 Å². The molecule has 0 saturated heterocycles. The average molecular weight is 477 g/mol. The number of hydrogen-bond donors (Lipinski definition) is 3. The standard InChI is InChI=1S/C27H40O7/c1-4-5-6-7-21(30)34-24(32)23(31)27(33)13-11-19-18-9-8-16-14-17(28)10-12-25(16,2)22(18)20(29)15-26(19,27)3/h14,18-20,22,24,29,32-33H,4-13,15H2,1-3H3/t18-,19-,20-,22+,24?,25-,26-,27-/m0/s1. The van der Waals surface area contributed by atoms with Crippen LogP contribution >= 0.6 is 0 Å². The topological polar surface area (TPSA) is 121 Å². The fourth-order valence-electron chi connectivity index (χ4n) is 8.06. The molecule has 3 N–H and O–H groups in total. The van der Waals surface area contributed by atoms with Gasteiger partial charge in [-0.1, -0.05) is 39.2 Å². The average Bonchev–Trinajstić information content (AvgIpc) is 3.04. The Morgan fingerprint density at radius 2 is 1.91 bits per heavy atom. The number of ketones is 2. The van der Waals surface area contributed by atoms with Crippen molar-refractivity contribution in [1.82, 2.24) is 0 Å². The number of ether oxygens (including phenoxy) is 1. The van der Waals surface area contributed by atoms with Crippen molar-refractivity contribution in [2.75, 3.05) is 0 Å². The van der Waals surface area contributed by atoms with Crippen molar-refractivity contribution >= 4 is 17.5 Å². The van der Waals surface area contributed by atoms with Crippen LogP contribution in [-0.4, -0.2) is 50.9 Å². The molecule has 0 spiro atoms. The molecule has 0 amide bonds. The molecule has 0 aromatic carbocycles. The van der Waals surface area contributed by atoms with E-state index in [2.05, 4.69) is 6.92 Å². The molecule has 0 aliphatic heterocycles. The van der Waals surface area contributed by atoms with Crippen LogP contribution in [0.1, 0.15) is 91.4 Å². The molecule has 190 valence electrons. The molecule has 34 heavy (non-hydrogen) atoms. The Morgan fingerprint density at radius 1 is 1.18 bits per heavy atom. The highest BCUT2D eigenvalue weighted by Crippen LogP contribution is 2.67. The first-order valence-corrected chi connectivity index (χ1v) is 13.0. The number of fused-ring (bicyclic) bond motifs is 5. The van der Waals surface area contributed by atoms with Crippen LogP contribution < -0.4 is 0 Å². The Balaban J connectivity index is 1.54. The van der Waals surface area contributed by atoms with Crippen LogP contribution in [0, 0.1) is 28.6 Å². The molecular weight excluding hydrogens is 436 g/mol. The Bertz CT molecular complexity index is 880. The normalized spacial score (nSPS) is 42.2. The van der Waals surface area contributed by atoms with Gasteiger partial charge < -0.3 is 20.1 Å². The summed E-state index contributed by atoms with van der Waals surface area (Å²) in [5.41, 5.74) is -1.92. The third kappa shape index (κ3) is 3.88. The maximum Gasteiger partial charge on any atom is 0.308 e. The van der Waals surface area contributed by atoms with Crippen LogP contribution in [0.2, 0.25) is 0 Å². The Morgan fingerprint density at radius 3 is 2.62 bits per heavy atom. The summed E-state index contributed by atoms with van der Waals surface area (Å²) in [5, 5.41) is 33.5. The molecule has 3 fully saturated rings. The summed E-state index contributed by atoms with van der Waals surface area (Å²) >= 11 is 0. The molecule has 8 atom stereocenters. The van der Waals surface area contributed by atoms with Gasteiger partial charge in [-0.3, -0.25) is 14.4 Å². The third-order valence-corrected chi connectivity index (χ3v) is 9.91. The molecule has 4 aliphatic carbocycles. The predicted octanol–water partition coefficient (Wildman–Crippen LogP) is 3.23. The number of rotatable bonds is 7. The number of esters is 1. The lowest BCUT2D eigenvalue weighted by Crippen LogP contribution is -2.63. The van der Waals surface area contributed by atoms with Gasteiger partial charge in [0, 0.05) is 18.3 Å². The number of carbonyl (C=O) groups is 3. The number of allylic oxidation sites excluding steroid dienone is 1. The molecular formula is C27H40O7. The summed E-state index contributed by atoms with van der Waals surface area (Å²) in [5.74, 6) is -1.29. The van der Waals surface area contributed by atoms with Gasteiger partial charge >= 0.3 is 5.97 Å². The molecule has 0 aromatic rings. The highest BCUT2D eigenvalue weighted by molar-refractivity contribution is 5.93. The first-order chi connectivity index (χ1) is 16.0. The van der Waals surface area contributed by atoms with E-state index in [1.165, 1.54) is 0 Å². The van der Waals surface area contributed by atoms with E-state index in [-0.39, 0.29) is 48.2 Å². The Labute approximate surface area is 201 Å². The van der Waals surface area contributed by atoms with E-state index in [4.69, 9.17) is 4.74 Å². The van der Waals surface area contributed by atoms with Crippen molar-refractivity contribution in [2.45, 2.75) is 109 Å². The van der Waals surface area contributed by atoms with Crippen LogP contribution in [0.15, 0.2) is 11.6 Å². The summed E-state index contributed by atoms with van der Waals surface area (Å²) in [7, 11) is 0. The van der Waals surface area contributed by atoms with E-state index >= 15 is 0 Å². The van der Waals surface area contributed by atoms with E-state index in [0.29, 0.717) is 19.3 Å². The van der Waals surface area contributed by atoms with Crippen molar-refractivity contribution in [3.63, 3.8) is 0 Å². The van der Waals surface area contributed by atoms with Crippen molar-refractivity contribution < 1.29 is 34.4 Å². The minimum atomic E-state index is -2.01. The second kappa shape index (κ2) is 9.14. The summed E-state index contributed by atoms with van der Waals surface area (Å²) in [6.45, 7) is 6.01. The van der Waals surface area contributed by atoms with E-state index in [1.807, 2.05) is 13.8 Å². The third-order valence-electron chi connectivity index (χ3n) is 9.91. The summed E-state index contributed by atoms with van der Waals surface area (Å²) in [6.07, 6.45) is 5.36. The fourth-order valence-corrected chi connectivity index (χ4v) is 8.06. The zero-order chi connectivity index (χ0) is 24.9. The number of hydrogen-bond acceptors (Lipinski definition) is 7. The number of aliphatic hydroxyl groups excluding tert-OH is 2. The second-order valence-electron chi connectivity index (χ2n) is 11.6. The summed E-state index contributed by atoms with van der Waals surface area (Å²) in [6, 6.07) is 0. The molecule has 4 aliphatic rings. The van der Waals surface area contributed by atoms with Crippen LogP contribution in [-0.2, 0) is 19.1 Å². The minimum absolute atomic E-state index is 0.00157. The van der Waals surface area contributed by atoms with Gasteiger partial charge in [0.15, 0.2) is 5.78 Å². The molecule has 0 radical (unpaired) electrons. The number of Topliss-reactive ketones (excluding diaryl/α,β-unsaturated/α-hetero) is 1. The maximum atomic E-state index is 13.3. The first-order valence-electron chi connectivity index (χ1n) is 13.0. The minimum Gasteiger partial charge on any atom is -0.428 e. The molecule has 3 saturated carbocycles. The van der Waals surface area contributed by atoms with Crippen molar-refractivity contribution in [3.8, 4) is 0 Å². The highest BCUT2D eigenvalue weighted by Gasteiger charge is 2.69. The summed E-state index contributed by atoms with van der Waals surface area (Å²) in [4.78, 5) is 37.4. The first kappa shape index (κ1) is 25.5. The highest BCUT2D eigenvalue weighted by atomic mass is 16.6. The van der Waals surface area contributed by atoms with Gasteiger partial charge in [-0.25, -0.2) is 0 Å². The van der Waals surface area contributed by atoms with Gasteiger partial charge in [-0.05, 0) is 74.2 Å². The smallest absolute Gasteiger partial charge is 0.308 e. The lowest BCUT2D eigenvalue weighted by molar-refractivity contribution is -0.204. The van der Waals surface area contributed by atoms with Crippen molar-refractivity contribution in [3.05, 3.63) is 11.6 Å². The molecule has 7 nitrogen and oxygen atoms in total. The zero-order valence-corrected chi connectivity index (χ0v) is 20.7. The number of unbranched alkanes of at least 4 members (excludes halogenated alkanes) is 2. The number of aliphatic hydroxyl groups is 3. The van der Waals surface area contributed by atoms with Crippen LogP contribution in [0.25, 0.3) is 0 Å². The molecule has 4 rings (SSSR count). The van der Waals surface area contributed by atoms with Gasteiger partial charge in [-0.2, -0.15) is 0 Å². The van der Waals surface area contributed by atoms with Crippen LogP contribution in [0.4, 0.5) is 0 Å². The Hall–Kier alpha value is -1.57. The zero-order valence-electron chi connectivity index (χ0n) is 20.7. The monoisotopic (exact) mass is 476 g/mol. The lowest BCUT2D eigenvalue weighted by Gasteiger charge is -2.60. The SMILES string of the molecule is CCCCCC(=O)OC(O)C(=O)[C@@]1(O)CC[C@H]2[C@@H]3CCC4=CC(=O)CC[C@]4(C)[C@H]3[C@@H](O)C[C@@]21C. The second-order valence-corrected chi connectivity index (χ2v) is 11.6. The van der Waals surface area contributed by atoms with Gasteiger partial charge in [0.1, 0.15) is 5.60 Å². The fraction of sp³-hybridized carbons (Fsp3) is 0.815. The summed E-state index contributed by atoms with van der Waals surface area (Å²) < 4.78 is 5.00. The van der Waals surface area contributed by atoms with E-state index < -0.39 is 35.2 Å². The van der Waals surface area contributed by atoms with Crippen molar-refractivity contribution in [2.24, 2.45) is 28.6 Å². The Kier molecular flexibility index (Phi) is 6.86. The van der Waals surface area contributed by atoms with Gasteiger partial charge in [0.05, 0.1) is 6.10 Å². The molecule has 0 aromatic heterocycles. The quantitative estimate of drug-likeness (QED) is 0.293.